The highest BCUT2D eigenvalue weighted by molar-refractivity contribution is 6.02. The minimum atomic E-state index is -0.839. The van der Waals surface area contributed by atoms with Gasteiger partial charge in [-0.15, -0.1) is 0 Å². The standard InChI is InChI=1S/C24H33NO5/c1-12-6-7-17-22(2,3)20(27)15(26)10-24(17)23(12,4)9-13-8-16(29-5)18-14(19(13)30-24)11-25-21(18)28/h8,12,15,17,20,26-27H,6-7,9-11H2,1-5H3,(H,25,28)/t12-,15+,17-,20-,23+,24-/m0/s1. The molecule has 2 aliphatic heterocycles. The summed E-state index contributed by atoms with van der Waals surface area (Å²) in [4.78, 5) is 12.5. The Balaban J connectivity index is 1.74. The Morgan fingerprint density at radius 3 is 2.67 bits per heavy atom. The van der Waals surface area contributed by atoms with Crippen LogP contribution in [0.4, 0.5) is 0 Å². The molecule has 0 saturated heterocycles. The molecule has 0 radical (unpaired) electrons. The van der Waals surface area contributed by atoms with Crippen molar-refractivity contribution in [2.75, 3.05) is 7.11 Å². The quantitative estimate of drug-likeness (QED) is 0.657. The molecule has 164 valence electrons. The van der Waals surface area contributed by atoms with Crippen molar-refractivity contribution in [1.29, 1.82) is 0 Å². The van der Waals surface area contributed by atoms with Gasteiger partial charge in [0.05, 0.1) is 24.9 Å². The van der Waals surface area contributed by atoms with Gasteiger partial charge in [0.2, 0.25) is 0 Å². The van der Waals surface area contributed by atoms with Gasteiger partial charge in [0.25, 0.3) is 5.91 Å². The van der Waals surface area contributed by atoms with Crippen molar-refractivity contribution in [1.82, 2.24) is 5.32 Å². The predicted octanol–water partition coefficient (Wildman–Crippen LogP) is 2.82. The van der Waals surface area contributed by atoms with E-state index in [4.69, 9.17) is 9.47 Å². The van der Waals surface area contributed by atoms with Gasteiger partial charge >= 0.3 is 0 Å². The number of methoxy groups -OCH3 is 1. The van der Waals surface area contributed by atoms with Crippen LogP contribution in [0, 0.1) is 22.7 Å². The van der Waals surface area contributed by atoms with Gasteiger partial charge in [0.15, 0.2) is 0 Å². The van der Waals surface area contributed by atoms with Crippen LogP contribution in [-0.4, -0.2) is 41.0 Å². The highest BCUT2D eigenvalue weighted by atomic mass is 16.5. The molecule has 1 spiro atoms. The molecule has 0 bridgehead atoms. The van der Waals surface area contributed by atoms with E-state index in [1.807, 2.05) is 6.07 Å². The molecular formula is C24H33NO5. The third kappa shape index (κ3) is 2.24. The third-order valence-corrected chi connectivity index (χ3v) is 9.18. The average molecular weight is 416 g/mol. The number of fused-ring (bicyclic) bond motifs is 3. The van der Waals surface area contributed by atoms with Gasteiger partial charge in [-0.25, -0.2) is 0 Å². The van der Waals surface area contributed by atoms with Crippen LogP contribution in [0.15, 0.2) is 6.07 Å². The summed E-state index contributed by atoms with van der Waals surface area (Å²) in [6.45, 7) is 9.12. The first-order valence-corrected chi connectivity index (χ1v) is 11.1. The molecule has 3 N–H and O–H groups in total. The van der Waals surface area contributed by atoms with Gasteiger partial charge in [-0.3, -0.25) is 4.79 Å². The van der Waals surface area contributed by atoms with E-state index in [9.17, 15) is 15.0 Å². The topological polar surface area (TPSA) is 88.0 Å². The Morgan fingerprint density at radius 2 is 1.97 bits per heavy atom. The summed E-state index contributed by atoms with van der Waals surface area (Å²) in [6, 6.07) is 1.97. The number of hydrogen-bond acceptors (Lipinski definition) is 5. The van der Waals surface area contributed by atoms with E-state index < -0.39 is 23.2 Å². The predicted molar refractivity (Wildman–Crippen MR) is 112 cm³/mol. The van der Waals surface area contributed by atoms with Crippen LogP contribution in [0.2, 0.25) is 0 Å². The molecule has 1 aromatic carbocycles. The Kier molecular flexibility index (Phi) is 4.12. The summed E-state index contributed by atoms with van der Waals surface area (Å²) in [5, 5.41) is 24.7. The lowest BCUT2D eigenvalue weighted by molar-refractivity contribution is -0.260. The van der Waals surface area contributed by atoms with E-state index in [0.717, 1.165) is 36.1 Å². The van der Waals surface area contributed by atoms with E-state index >= 15 is 0 Å². The fourth-order valence-corrected chi connectivity index (χ4v) is 7.23. The number of aliphatic hydroxyl groups excluding tert-OH is 2. The zero-order valence-corrected chi connectivity index (χ0v) is 18.5. The normalized spacial score (nSPS) is 41.0. The molecule has 2 fully saturated rings. The zero-order valence-electron chi connectivity index (χ0n) is 18.5. The van der Waals surface area contributed by atoms with Crippen LogP contribution < -0.4 is 14.8 Å². The lowest BCUT2D eigenvalue weighted by Crippen LogP contribution is -2.73. The van der Waals surface area contributed by atoms with Crippen molar-refractivity contribution in [3.63, 3.8) is 0 Å². The molecule has 6 nitrogen and oxygen atoms in total. The average Bonchev–Trinajstić information content (AvgIpc) is 3.08. The molecule has 5 rings (SSSR count). The van der Waals surface area contributed by atoms with Crippen LogP contribution in [-0.2, 0) is 13.0 Å². The van der Waals surface area contributed by atoms with Crippen LogP contribution in [0.5, 0.6) is 11.5 Å². The van der Waals surface area contributed by atoms with Gasteiger partial charge in [-0.05, 0) is 42.2 Å². The number of rotatable bonds is 1. The summed E-state index contributed by atoms with van der Waals surface area (Å²) in [5.74, 6) is 1.76. The van der Waals surface area contributed by atoms with Gasteiger partial charge in [-0.1, -0.05) is 27.7 Å². The molecule has 1 aromatic rings. The smallest absolute Gasteiger partial charge is 0.255 e. The number of benzene rings is 1. The number of carbonyl (C=O) groups is 1. The molecule has 0 aromatic heterocycles. The molecule has 6 heteroatoms. The highest BCUT2D eigenvalue weighted by Crippen LogP contribution is 2.66. The number of amides is 1. The zero-order chi connectivity index (χ0) is 21.6. The SMILES string of the molecule is COc1cc2c(c3c1C(=O)NC3)O[C@@]13C[C@@H](O)[C@H](O)C(C)(C)[C@@H]1CC[C@H](C)[C@@]3(C)C2. The van der Waals surface area contributed by atoms with Crippen molar-refractivity contribution in [3.8, 4) is 11.5 Å². The van der Waals surface area contributed by atoms with Gasteiger partial charge < -0.3 is 25.0 Å². The third-order valence-electron chi connectivity index (χ3n) is 9.18. The molecule has 1 amide bonds. The second-order valence-electron chi connectivity index (χ2n) is 10.8. The van der Waals surface area contributed by atoms with E-state index in [2.05, 4.69) is 33.0 Å². The first-order chi connectivity index (χ1) is 14.1. The minimum absolute atomic E-state index is 0.112. The van der Waals surface area contributed by atoms with Crippen LogP contribution in [0.25, 0.3) is 0 Å². The fraction of sp³-hybridized carbons (Fsp3) is 0.708. The molecule has 30 heavy (non-hydrogen) atoms. The van der Waals surface area contributed by atoms with E-state index in [1.165, 1.54) is 0 Å². The molecule has 2 saturated carbocycles. The Labute approximate surface area is 178 Å². The van der Waals surface area contributed by atoms with Crippen molar-refractivity contribution >= 4 is 5.91 Å². The second kappa shape index (κ2) is 6.13. The first kappa shape index (κ1) is 20.1. The number of aliphatic hydroxyl groups is 2. The van der Waals surface area contributed by atoms with Gasteiger partial charge in [-0.2, -0.15) is 0 Å². The Bertz CT molecular complexity index is 927. The number of nitrogens with one attached hydrogen (secondary N) is 1. The Morgan fingerprint density at radius 1 is 1.23 bits per heavy atom. The van der Waals surface area contributed by atoms with Gasteiger partial charge in [0, 0.05) is 29.9 Å². The first-order valence-electron chi connectivity index (χ1n) is 11.1. The maximum atomic E-state index is 12.5. The maximum Gasteiger partial charge on any atom is 0.255 e. The van der Waals surface area contributed by atoms with Crippen molar-refractivity contribution in [2.45, 2.75) is 77.7 Å². The van der Waals surface area contributed by atoms with E-state index in [-0.39, 0.29) is 17.2 Å². The lowest BCUT2D eigenvalue weighted by atomic mass is 9.43. The monoisotopic (exact) mass is 415 g/mol. The number of hydrogen-bond donors (Lipinski definition) is 3. The van der Waals surface area contributed by atoms with Crippen LogP contribution in [0.1, 0.15) is 68.4 Å². The van der Waals surface area contributed by atoms with Crippen LogP contribution in [0.3, 0.4) is 0 Å². The maximum absolute atomic E-state index is 12.5. The number of carbonyl (C=O) groups excluding carboxylic acids is 1. The fourth-order valence-electron chi connectivity index (χ4n) is 7.23. The van der Waals surface area contributed by atoms with E-state index in [0.29, 0.717) is 30.2 Å². The lowest BCUT2D eigenvalue weighted by Gasteiger charge is -2.67. The second-order valence-corrected chi connectivity index (χ2v) is 10.8. The van der Waals surface area contributed by atoms with E-state index in [1.54, 1.807) is 7.11 Å². The molecule has 2 aliphatic carbocycles. The van der Waals surface area contributed by atoms with Crippen molar-refractivity contribution in [2.24, 2.45) is 22.7 Å². The molecule has 4 aliphatic rings. The van der Waals surface area contributed by atoms with Gasteiger partial charge in [0.1, 0.15) is 17.1 Å². The molecule has 2 heterocycles. The van der Waals surface area contributed by atoms with Crippen molar-refractivity contribution < 1.29 is 24.5 Å². The highest BCUT2D eigenvalue weighted by Gasteiger charge is 2.69. The summed E-state index contributed by atoms with van der Waals surface area (Å²) in [5.41, 5.74) is 1.24. The summed E-state index contributed by atoms with van der Waals surface area (Å²) < 4.78 is 12.6. The largest absolute Gasteiger partial charge is 0.496 e. The summed E-state index contributed by atoms with van der Waals surface area (Å²) in [6.07, 6.45) is 1.62. The van der Waals surface area contributed by atoms with Crippen molar-refractivity contribution in [3.05, 3.63) is 22.8 Å². The van der Waals surface area contributed by atoms with Crippen LogP contribution >= 0.6 is 0 Å². The minimum Gasteiger partial charge on any atom is -0.496 e. The summed E-state index contributed by atoms with van der Waals surface area (Å²) >= 11 is 0. The molecule has 0 unspecified atom stereocenters. The molecular weight excluding hydrogens is 382 g/mol. The molecule has 6 atom stereocenters. The Hall–Kier alpha value is -1.79. The summed E-state index contributed by atoms with van der Waals surface area (Å²) in [7, 11) is 1.60. The number of ether oxygens (including phenoxy) is 2.